The Morgan fingerprint density at radius 3 is 2.50 bits per heavy atom. The van der Waals surface area contributed by atoms with Crippen molar-refractivity contribution in [1.82, 2.24) is 4.90 Å². The summed E-state index contributed by atoms with van der Waals surface area (Å²) in [6.07, 6.45) is 2.55. The maximum absolute atomic E-state index is 13.2. The van der Waals surface area contributed by atoms with E-state index < -0.39 is 10.1 Å². The molecule has 0 radical (unpaired) electrons. The first-order chi connectivity index (χ1) is 13.3. The molecule has 1 amide bonds. The second-order valence-electron chi connectivity index (χ2n) is 6.49. The van der Waals surface area contributed by atoms with Gasteiger partial charge in [0.1, 0.15) is 11.5 Å². The van der Waals surface area contributed by atoms with Crippen LogP contribution in [0.3, 0.4) is 0 Å². The zero-order chi connectivity index (χ0) is 20.1. The van der Waals surface area contributed by atoms with Crippen LogP contribution in [-0.2, 0) is 23.2 Å². The van der Waals surface area contributed by atoms with Gasteiger partial charge >= 0.3 is 10.1 Å². The molecule has 0 aliphatic rings. The SMILES string of the molecule is Cc1ccccc1C(=O)N(Cc1cccc(OS(C)(=O)=O)c1)Cc1ccco1. The Bertz CT molecular complexity index is 1060. The van der Waals surface area contributed by atoms with Crippen molar-refractivity contribution < 1.29 is 21.8 Å². The molecule has 0 aliphatic heterocycles. The van der Waals surface area contributed by atoms with Crippen LogP contribution in [0.25, 0.3) is 0 Å². The second kappa shape index (κ2) is 8.31. The minimum Gasteiger partial charge on any atom is -0.467 e. The predicted octanol–water partition coefficient (Wildman–Crippen LogP) is 3.77. The first-order valence-corrected chi connectivity index (χ1v) is 10.5. The molecule has 3 rings (SSSR count). The molecule has 0 saturated heterocycles. The lowest BCUT2D eigenvalue weighted by atomic mass is 10.1. The third kappa shape index (κ3) is 5.23. The number of aryl methyl sites for hydroxylation is 1. The molecule has 3 aromatic rings. The van der Waals surface area contributed by atoms with E-state index in [1.807, 2.05) is 31.2 Å². The van der Waals surface area contributed by atoms with Crippen molar-refractivity contribution in [3.8, 4) is 5.75 Å². The topological polar surface area (TPSA) is 76.8 Å². The van der Waals surface area contributed by atoms with Gasteiger partial charge in [-0.1, -0.05) is 30.3 Å². The fraction of sp³-hybridized carbons (Fsp3) is 0.190. The van der Waals surface area contributed by atoms with E-state index in [1.54, 1.807) is 47.6 Å². The van der Waals surface area contributed by atoms with E-state index in [1.165, 1.54) is 0 Å². The van der Waals surface area contributed by atoms with Crippen LogP contribution in [0.5, 0.6) is 5.75 Å². The van der Waals surface area contributed by atoms with E-state index >= 15 is 0 Å². The van der Waals surface area contributed by atoms with Gasteiger partial charge in [0.05, 0.1) is 19.1 Å². The molecule has 6 nitrogen and oxygen atoms in total. The molecule has 0 saturated carbocycles. The van der Waals surface area contributed by atoms with Gasteiger partial charge in [-0.05, 0) is 48.4 Å². The Balaban J connectivity index is 1.88. The fourth-order valence-corrected chi connectivity index (χ4v) is 3.32. The molecule has 28 heavy (non-hydrogen) atoms. The molecule has 0 atom stereocenters. The van der Waals surface area contributed by atoms with Crippen molar-refractivity contribution in [3.05, 3.63) is 89.4 Å². The van der Waals surface area contributed by atoms with Gasteiger partial charge in [0.25, 0.3) is 5.91 Å². The zero-order valence-electron chi connectivity index (χ0n) is 15.7. The standard InChI is InChI=1S/C21H21NO5S/c1-16-7-3-4-11-20(16)21(23)22(15-19-10-6-12-26-19)14-17-8-5-9-18(13-17)27-28(2,24)25/h3-13H,14-15H2,1-2H3. The summed E-state index contributed by atoms with van der Waals surface area (Å²) in [5, 5.41) is 0. The van der Waals surface area contributed by atoms with Crippen LogP contribution in [0.15, 0.2) is 71.3 Å². The first-order valence-electron chi connectivity index (χ1n) is 8.67. The average molecular weight is 399 g/mol. The summed E-state index contributed by atoms with van der Waals surface area (Å²) in [4.78, 5) is 14.8. The fourth-order valence-electron chi connectivity index (χ4n) is 2.86. The first kappa shape index (κ1) is 19.7. The summed E-state index contributed by atoms with van der Waals surface area (Å²) in [7, 11) is -3.62. The van der Waals surface area contributed by atoms with Gasteiger partial charge in [0.2, 0.25) is 0 Å². The molecule has 146 valence electrons. The van der Waals surface area contributed by atoms with Crippen LogP contribution in [0.2, 0.25) is 0 Å². The number of rotatable bonds is 7. The average Bonchev–Trinajstić information content (AvgIpc) is 3.13. The highest BCUT2D eigenvalue weighted by Crippen LogP contribution is 2.20. The number of carbonyl (C=O) groups excluding carboxylic acids is 1. The quantitative estimate of drug-likeness (QED) is 0.565. The van der Waals surface area contributed by atoms with E-state index in [4.69, 9.17) is 8.60 Å². The molecule has 0 bridgehead atoms. The van der Waals surface area contributed by atoms with E-state index in [0.717, 1.165) is 17.4 Å². The molecule has 0 N–H and O–H groups in total. The smallest absolute Gasteiger partial charge is 0.306 e. The number of benzene rings is 2. The third-order valence-corrected chi connectivity index (χ3v) is 4.60. The molecule has 7 heteroatoms. The van der Waals surface area contributed by atoms with Gasteiger partial charge in [-0.2, -0.15) is 8.42 Å². The van der Waals surface area contributed by atoms with Gasteiger partial charge in [-0.15, -0.1) is 0 Å². The van der Waals surface area contributed by atoms with Crippen molar-refractivity contribution in [2.45, 2.75) is 20.0 Å². The van der Waals surface area contributed by atoms with E-state index in [2.05, 4.69) is 0 Å². The van der Waals surface area contributed by atoms with Gasteiger partial charge in [0, 0.05) is 12.1 Å². The maximum Gasteiger partial charge on any atom is 0.306 e. The minimum atomic E-state index is -3.62. The van der Waals surface area contributed by atoms with E-state index in [9.17, 15) is 13.2 Å². The largest absolute Gasteiger partial charge is 0.467 e. The summed E-state index contributed by atoms with van der Waals surface area (Å²) in [5.74, 6) is 0.732. The zero-order valence-corrected chi connectivity index (χ0v) is 16.5. The number of amides is 1. The highest BCUT2D eigenvalue weighted by molar-refractivity contribution is 7.86. The predicted molar refractivity (Wildman–Crippen MR) is 105 cm³/mol. The van der Waals surface area contributed by atoms with Crippen LogP contribution in [0.1, 0.15) is 27.2 Å². The molecule has 0 fully saturated rings. The van der Waals surface area contributed by atoms with Crippen LogP contribution in [-0.4, -0.2) is 25.5 Å². The lowest BCUT2D eigenvalue weighted by Crippen LogP contribution is -2.30. The highest BCUT2D eigenvalue weighted by atomic mass is 32.2. The maximum atomic E-state index is 13.2. The Hall–Kier alpha value is -3.06. The summed E-state index contributed by atoms with van der Waals surface area (Å²) < 4.78 is 33.1. The number of hydrogen-bond acceptors (Lipinski definition) is 5. The molecule has 0 unspecified atom stereocenters. The van der Waals surface area contributed by atoms with E-state index in [-0.39, 0.29) is 24.7 Å². The highest BCUT2D eigenvalue weighted by Gasteiger charge is 2.19. The normalized spacial score (nSPS) is 11.2. The van der Waals surface area contributed by atoms with Gasteiger partial charge in [0.15, 0.2) is 0 Å². The number of nitrogens with zero attached hydrogens (tertiary/aromatic N) is 1. The Morgan fingerprint density at radius 1 is 1.04 bits per heavy atom. The van der Waals surface area contributed by atoms with Crippen LogP contribution >= 0.6 is 0 Å². The Morgan fingerprint density at radius 2 is 1.82 bits per heavy atom. The summed E-state index contributed by atoms with van der Waals surface area (Å²) in [5.41, 5.74) is 2.23. The van der Waals surface area contributed by atoms with Crippen LogP contribution in [0.4, 0.5) is 0 Å². The van der Waals surface area contributed by atoms with Crippen molar-refractivity contribution in [2.24, 2.45) is 0 Å². The monoisotopic (exact) mass is 399 g/mol. The molecule has 0 aliphatic carbocycles. The molecule has 1 heterocycles. The van der Waals surface area contributed by atoms with Crippen molar-refractivity contribution >= 4 is 16.0 Å². The molecule has 0 spiro atoms. The molecule has 2 aromatic carbocycles. The lowest BCUT2D eigenvalue weighted by molar-refractivity contribution is 0.0717. The van der Waals surface area contributed by atoms with Crippen LogP contribution in [0, 0.1) is 6.92 Å². The number of carbonyl (C=O) groups is 1. The van der Waals surface area contributed by atoms with Gasteiger partial charge < -0.3 is 13.5 Å². The number of furan rings is 1. The van der Waals surface area contributed by atoms with Crippen molar-refractivity contribution in [2.75, 3.05) is 6.26 Å². The Kier molecular flexibility index (Phi) is 5.84. The van der Waals surface area contributed by atoms with Crippen molar-refractivity contribution in [3.63, 3.8) is 0 Å². The summed E-state index contributed by atoms with van der Waals surface area (Å²) in [6.45, 7) is 2.45. The second-order valence-corrected chi connectivity index (χ2v) is 8.07. The van der Waals surface area contributed by atoms with Gasteiger partial charge in [-0.25, -0.2) is 0 Å². The summed E-state index contributed by atoms with van der Waals surface area (Å²) >= 11 is 0. The van der Waals surface area contributed by atoms with Crippen LogP contribution < -0.4 is 4.18 Å². The Labute approximate surface area is 164 Å². The molecular weight excluding hydrogens is 378 g/mol. The number of hydrogen-bond donors (Lipinski definition) is 0. The minimum absolute atomic E-state index is 0.135. The molecular formula is C21H21NO5S. The van der Waals surface area contributed by atoms with Crippen molar-refractivity contribution in [1.29, 1.82) is 0 Å². The summed E-state index contributed by atoms with van der Waals surface area (Å²) in [6, 6.07) is 17.6. The molecule has 1 aromatic heterocycles. The lowest BCUT2D eigenvalue weighted by Gasteiger charge is -2.23. The van der Waals surface area contributed by atoms with Gasteiger partial charge in [-0.3, -0.25) is 4.79 Å². The third-order valence-electron chi connectivity index (χ3n) is 4.11. The van der Waals surface area contributed by atoms with E-state index in [0.29, 0.717) is 11.3 Å².